The highest BCUT2D eigenvalue weighted by Crippen LogP contribution is 2.37. The highest BCUT2D eigenvalue weighted by molar-refractivity contribution is 9.10. The molecule has 0 aromatic heterocycles. The fraction of sp³-hybridized carbons (Fsp3) is 0.533. The van der Waals surface area contributed by atoms with Crippen molar-refractivity contribution in [2.45, 2.75) is 38.5 Å². The second-order valence-corrected chi connectivity index (χ2v) is 6.19. The van der Waals surface area contributed by atoms with Crippen LogP contribution in [0.2, 0.25) is 0 Å². The van der Waals surface area contributed by atoms with Gasteiger partial charge < -0.3 is 5.73 Å². The topological polar surface area (TPSA) is 43.1 Å². The van der Waals surface area contributed by atoms with Gasteiger partial charge in [0.15, 0.2) is 0 Å². The minimum atomic E-state index is -0.245. The van der Waals surface area contributed by atoms with Crippen LogP contribution in [0.5, 0.6) is 0 Å². The van der Waals surface area contributed by atoms with Crippen molar-refractivity contribution in [3.05, 3.63) is 34.3 Å². The average Bonchev–Trinajstić information content (AvgIpc) is 2.42. The summed E-state index contributed by atoms with van der Waals surface area (Å²) in [7, 11) is 0. The van der Waals surface area contributed by atoms with E-state index in [1.54, 1.807) is 0 Å². The molecule has 3 heteroatoms. The highest BCUT2D eigenvalue weighted by Gasteiger charge is 2.37. The van der Waals surface area contributed by atoms with Crippen LogP contribution in [-0.4, -0.2) is 12.3 Å². The van der Waals surface area contributed by atoms with Crippen LogP contribution in [0.25, 0.3) is 0 Å². The van der Waals surface area contributed by atoms with Gasteiger partial charge in [0.1, 0.15) is 5.78 Å². The number of hydrogen-bond acceptors (Lipinski definition) is 2. The largest absolute Gasteiger partial charge is 0.329 e. The van der Waals surface area contributed by atoms with Crippen LogP contribution in [0.15, 0.2) is 28.7 Å². The zero-order chi connectivity index (χ0) is 13.0. The first-order chi connectivity index (χ1) is 8.66. The molecule has 1 aromatic carbocycles. The van der Waals surface area contributed by atoms with Crippen molar-refractivity contribution in [2.24, 2.45) is 11.1 Å². The molecule has 0 radical (unpaired) electrons. The predicted molar refractivity (Wildman–Crippen MR) is 77.4 cm³/mol. The van der Waals surface area contributed by atoms with Crippen LogP contribution in [0.3, 0.4) is 0 Å². The zero-order valence-electron chi connectivity index (χ0n) is 10.6. The van der Waals surface area contributed by atoms with Crippen LogP contribution in [0.1, 0.15) is 37.7 Å². The zero-order valence-corrected chi connectivity index (χ0v) is 12.2. The third-order valence-electron chi connectivity index (χ3n) is 4.07. The van der Waals surface area contributed by atoms with Gasteiger partial charge in [0, 0.05) is 22.9 Å². The Morgan fingerprint density at radius 2 is 1.78 bits per heavy atom. The van der Waals surface area contributed by atoms with Crippen molar-refractivity contribution >= 4 is 21.7 Å². The van der Waals surface area contributed by atoms with E-state index in [9.17, 15) is 4.79 Å². The molecule has 0 heterocycles. The lowest BCUT2D eigenvalue weighted by Crippen LogP contribution is -2.41. The second-order valence-electron chi connectivity index (χ2n) is 5.27. The van der Waals surface area contributed by atoms with Gasteiger partial charge in [-0.3, -0.25) is 4.79 Å². The van der Waals surface area contributed by atoms with Gasteiger partial charge in [-0.1, -0.05) is 47.3 Å². The van der Waals surface area contributed by atoms with Crippen molar-refractivity contribution in [1.29, 1.82) is 0 Å². The van der Waals surface area contributed by atoms with Crippen molar-refractivity contribution in [1.82, 2.24) is 0 Å². The molecule has 0 unspecified atom stereocenters. The maximum Gasteiger partial charge on any atom is 0.144 e. The van der Waals surface area contributed by atoms with Crippen molar-refractivity contribution < 1.29 is 4.79 Å². The quantitative estimate of drug-likeness (QED) is 0.925. The second kappa shape index (κ2) is 5.98. The number of carbonyl (C=O) groups excluding carboxylic acids is 1. The van der Waals surface area contributed by atoms with E-state index < -0.39 is 0 Å². The molecule has 0 spiro atoms. The van der Waals surface area contributed by atoms with E-state index >= 15 is 0 Å². The van der Waals surface area contributed by atoms with Crippen LogP contribution in [0, 0.1) is 5.41 Å². The molecule has 0 atom stereocenters. The smallest absolute Gasteiger partial charge is 0.144 e. The van der Waals surface area contributed by atoms with E-state index in [0.717, 1.165) is 35.7 Å². The van der Waals surface area contributed by atoms with E-state index in [1.807, 2.05) is 24.3 Å². The van der Waals surface area contributed by atoms with Crippen LogP contribution < -0.4 is 5.73 Å². The Morgan fingerprint density at radius 1 is 1.17 bits per heavy atom. The average molecular weight is 310 g/mol. The number of rotatable bonds is 4. The lowest BCUT2D eigenvalue weighted by atomic mass is 9.70. The fourth-order valence-corrected chi connectivity index (χ4v) is 3.06. The van der Waals surface area contributed by atoms with Gasteiger partial charge in [-0.05, 0) is 30.5 Å². The minimum absolute atomic E-state index is 0.245. The van der Waals surface area contributed by atoms with Crippen molar-refractivity contribution in [2.75, 3.05) is 6.54 Å². The van der Waals surface area contributed by atoms with Crippen LogP contribution >= 0.6 is 15.9 Å². The van der Waals surface area contributed by atoms with Gasteiger partial charge in [0.25, 0.3) is 0 Å². The minimum Gasteiger partial charge on any atom is -0.329 e. The molecular formula is C15H20BrNO. The molecule has 0 aliphatic heterocycles. The van der Waals surface area contributed by atoms with E-state index in [0.29, 0.717) is 18.7 Å². The summed E-state index contributed by atoms with van der Waals surface area (Å²) in [6, 6.07) is 7.99. The first-order valence-corrected chi connectivity index (χ1v) is 7.43. The first-order valence-electron chi connectivity index (χ1n) is 6.64. The summed E-state index contributed by atoms with van der Waals surface area (Å²) in [5.74, 6) is 0.326. The van der Waals surface area contributed by atoms with Gasteiger partial charge in [-0.15, -0.1) is 0 Å². The highest BCUT2D eigenvalue weighted by atomic mass is 79.9. The molecular weight excluding hydrogens is 290 g/mol. The lowest BCUT2D eigenvalue weighted by Gasteiger charge is -2.34. The van der Waals surface area contributed by atoms with Crippen LogP contribution in [-0.2, 0) is 11.2 Å². The Balaban J connectivity index is 2.07. The summed E-state index contributed by atoms with van der Waals surface area (Å²) in [6.07, 6.45) is 5.99. The monoisotopic (exact) mass is 309 g/mol. The third-order valence-corrected chi connectivity index (χ3v) is 4.60. The summed E-state index contributed by atoms with van der Waals surface area (Å²) in [6.45, 7) is 0.502. The number of Topliss-reactive ketones (excluding diaryl/α,β-unsaturated/α-hetero) is 1. The maximum absolute atomic E-state index is 12.5. The Labute approximate surface area is 117 Å². The van der Waals surface area contributed by atoms with Gasteiger partial charge in [-0.2, -0.15) is 0 Å². The van der Waals surface area contributed by atoms with Gasteiger partial charge >= 0.3 is 0 Å². The molecule has 0 saturated heterocycles. The third kappa shape index (κ3) is 3.01. The Kier molecular flexibility index (Phi) is 4.57. The number of ketones is 1. The molecule has 2 N–H and O–H groups in total. The number of benzene rings is 1. The Hall–Kier alpha value is -0.670. The van der Waals surface area contributed by atoms with E-state index in [1.165, 1.54) is 6.42 Å². The molecule has 98 valence electrons. The molecule has 1 fully saturated rings. The fourth-order valence-electron chi connectivity index (χ4n) is 2.80. The summed E-state index contributed by atoms with van der Waals surface area (Å²) in [5.41, 5.74) is 6.73. The van der Waals surface area contributed by atoms with Gasteiger partial charge in [0.05, 0.1) is 0 Å². The molecule has 2 rings (SSSR count). The molecule has 1 aliphatic rings. The van der Waals surface area contributed by atoms with Crippen molar-refractivity contribution in [3.8, 4) is 0 Å². The SMILES string of the molecule is NCC1(C(=O)Cc2ccc(Br)cc2)CCCCC1. The van der Waals surface area contributed by atoms with Gasteiger partial charge in [-0.25, -0.2) is 0 Å². The standard InChI is InChI=1S/C15H20BrNO/c16-13-6-4-12(5-7-13)10-14(18)15(11-17)8-2-1-3-9-15/h4-7H,1-3,8-11,17H2. The number of nitrogens with two attached hydrogens (primary N) is 1. The van der Waals surface area contributed by atoms with Crippen LogP contribution in [0.4, 0.5) is 0 Å². The molecule has 1 aliphatic carbocycles. The van der Waals surface area contributed by atoms with Crippen molar-refractivity contribution in [3.63, 3.8) is 0 Å². The molecule has 1 aromatic rings. The number of carbonyl (C=O) groups is 1. The number of hydrogen-bond donors (Lipinski definition) is 1. The summed E-state index contributed by atoms with van der Waals surface area (Å²) < 4.78 is 1.05. The van der Waals surface area contributed by atoms with E-state index in [-0.39, 0.29) is 5.41 Å². The Bertz CT molecular complexity index is 407. The number of halogens is 1. The summed E-state index contributed by atoms with van der Waals surface area (Å²) >= 11 is 3.41. The van der Waals surface area contributed by atoms with E-state index in [2.05, 4.69) is 15.9 Å². The summed E-state index contributed by atoms with van der Waals surface area (Å²) in [4.78, 5) is 12.5. The van der Waals surface area contributed by atoms with E-state index in [4.69, 9.17) is 5.73 Å². The first kappa shape index (κ1) is 13.8. The lowest BCUT2D eigenvalue weighted by molar-refractivity contribution is -0.129. The molecule has 0 bridgehead atoms. The van der Waals surface area contributed by atoms with Gasteiger partial charge in [0.2, 0.25) is 0 Å². The maximum atomic E-state index is 12.5. The Morgan fingerprint density at radius 3 is 2.33 bits per heavy atom. The molecule has 2 nitrogen and oxygen atoms in total. The summed E-state index contributed by atoms with van der Waals surface area (Å²) in [5, 5.41) is 0. The molecule has 18 heavy (non-hydrogen) atoms. The normalized spacial score (nSPS) is 18.6. The molecule has 1 saturated carbocycles. The predicted octanol–water partition coefficient (Wildman–Crippen LogP) is 3.47. The molecule has 0 amide bonds.